The molecule has 1 aromatic carbocycles. The predicted octanol–water partition coefficient (Wildman–Crippen LogP) is 3.60. The van der Waals surface area contributed by atoms with E-state index >= 15 is 0 Å². The smallest absolute Gasteiger partial charge is 0.376 e. The Labute approximate surface area is 112 Å². The molecule has 1 heterocycles. The fraction of sp³-hybridized carbons (Fsp3) is 0.231. The van der Waals surface area contributed by atoms with Crippen molar-refractivity contribution in [1.82, 2.24) is 4.98 Å². The van der Waals surface area contributed by atoms with E-state index in [1.165, 1.54) is 25.1 Å². The Bertz CT molecular complexity index is 625. The number of hydrogen-bond acceptors (Lipinski definition) is 4. The first-order valence-corrected chi connectivity index (χ1v) is 5.74. The molecule has 0 aliphatic carbocycles. The Kier molecular flexibility index (Phi) is 4.07. The number of benzene rings is 1. The minimum atomic E-state index is -3.00. The van der Waals surface area contributed by atoms with Gasteiger partial charge in [-0.3, -0.25) is 0 Å². The zero-order valence-electron chi connectivity index (χ0n) is 10.4. The van der Waals surface area contributed by atoms with Gasteiger partial charge in [0.15, 0.2) is 5.69 Å². The van der Waals surface area contributed by atoms with Gasteiger partial charge in [0.2, 0.25) is 11.7 Å². The van der Waals surface area contributed by atoms with Gasteiger partial charge in [0.1, 0.15) is 5.82 Å². The first-order valence-electron chi connectivity index (χ1n) is 5.74. The average Bonchev–Trinajstić information content (AvgIpc) is 2.84. The SMILES string of the molecule is CCOC(=O)c1oc(-c2cccc(F)c2)nc1C(F)F. The van der Waals surface area contributed by atoms with Crippen LogP contribution >= 0.6 is 0 Å². The molecule has 0 aliphatic heterocycles. The molecular formula is C13H10F3NO3. The van der Waals surface area contributed by atoms with Crippen molar-refractivity contribution < 1.29 is 27.1 Å². The van der Waals surface area contributed by atoms with Crippen LogP contribution in [0.3, 0.4) is 0 Å². The van der Waals surface area contributed by atoms with Gasteiger partial charge in [-0.1, -0.05) is 6.07 Å². The van der Waals surface area contributed by atoms with Crippen LogP contribution in [0.2, 0.25) is 0 Å². The second-order valence-electron chi connectivity index (χ2n) is 3.76. The number of carbonyl (C=O) groups excluding carboxylic acids is 1. The summed E-state index contributed by atoms with van der Waals surface area (Å²) in [5, 5.41) is 0. The molecule has 1 aromatic heterocycles. The van der Waals surface area contributed by atoms with E-state index in [1.807, 2.05) is 0 Å². The van der Waals surface area contributed by atoms with E-state index in [-0.39, 0.29) is 18.1 Å². The van der Waals surface area contributed by atoms with Crippen LogP contribution in [0, 0.1) is 5.82 Å². The molecule has 0 aliphatic rings. The maximum Gasteiger partial charge on any atom is 0.376 e. The molecule has 0 saturated carbocycles. The molecule has 2 aromatic rings. The summed E-state index contributed by atoms with van der Waals surface area (Å²) in [5.41, 5.74) is -0.662. The van der Waals surface area contributed by atoms with Crippen molar-refractivity contribution in [3.63, 3.8) is 0 Å². The van der Waals surface area contributed by atoms with Crippen LogP contribution in [0.4, 0.5) is 13.2 Å². The van der Waals surface area contributed by atoms with Crippen molar-refractivity contribution in [3.8, 4) is 11.5 Å². The van der Waals surface area contributed by atoms with Crippen molar-refractivity contribution in [2.45, 2.75) is 13.3 Å². The molecule has 20 heavy (non-hydrogen) atoms. The molecule has 0 fully saturated rings. The summed E-state index contributed by atoms with van der Waals surface area (Å²) in [6.07, 6.45) is -3.00. The summed E-state index contributed by atoms with van der Waals surface area (Å²) in [6, 6.07) is 5.06. The third-order valence-electron chi connectivity index (χ3n) is 2.39. The maximum atomic E-state index is 13.1. The number of rotatable bonds is 4. The predicted molar refractivity (Wildman–Crippen MR) is 62.8 cm³/mol. The molecule has 0 bridgehead atoms. The lowest BCUT2D eigenvalue weighted by molar-refractivity contribution is 0.0476. The highest BCUT2D eigenvalue weighted by molar-refractivity contribution is 5.88. The first kappa shape index (κ1) is 14.1. The fourth-order valence-electron chi connectivity index (χ4n) is 1.57. The van der Waals surface area contributed by atoms with Gasteiger partial charge in [0.05, 0.1) is 6.61 Å². The summed E-state index contributed by atoms with van der Waals surface area (Å²) in [5.74, 6) is -2.53. The Morgan fingerprint density at radius 1 is 1.45 bits per heavy atom. The molecule has 7 heteroatoms. The zero-order chi connectivity index (χ0) is 14.7. The largest absolute Gasteiger partial charge is 0.460 e. The number of hydrogen-bond donors (Lipinski definition) is 0. The third kappa shape index (κ3) is 2.81. The normalized spacial score (nSPS) is 10.8. The van der Waals surface area contributed by atoms with E-state index in [1.54, 1.807) is 0 Å². The number of oxazole rings is 1. The zero-order valence-corrected chi connectivity index (χ0v) is 10.4. The van der Waals surface area contributed by atoms with Crippen molar-refractivity contribution >= 4 is 5.97 Å². The molecule has 0 amide bonds. The Morgan fingerprint density at radius 3 is 2.80 bits per heavy atom. The number of nitrogens with zero attached hydrogens (tertiary/aromatic N) is 1. The molecule has 4 nitrogen and oxygen atoms in total. The van der Waals surface area contributed by atoms with E-state index in [9.17, 15) is 18.0 Å². The van der Waals surface area contributed by atoms with Gasteiger partial charge < -0.3 is 9.15 Å². The molecule has 0 saturated heterocycles. The molecule has 0 atom stereocenters. The third-order valence-corrected chi connectivity index (χ3v) is 2.39. The van der Waals surface area contributed by atoms with Gasteiger partial charge in [-0.2, -0.15) is 0 Å². The number of alkyl halides is 2. The van der Waals surface area contributed by atoms with Gasteiger partial charge in [-0.25, -0.2) is 22.9 Å². The molecule has 0 N–H and O–H groups in total. The van der Waals surface area contributed by atoms with E-state index in [2.05, 4.69) is 9.72 Å². The lowest BCUT2D eigenvalue weighted by Crippen LogP contribution is -2.06. The lowest BCUT2D eigenvalue weighted by Gasteiger charge is -1.99. The number of aromatic nitrogens is 1. The quantitative estimate of drug-likeness (QED) is 0.805. The summed E-state index contributed by atoms with van der Waals surface area (Å²) in [6.45, 7) is 1.54. The van der Waals surface area contributed by atoms with Crippen molar-refractivity contribution in [2.24, 2.45) is 0 Å². The first-order chi connectivity index (χ1) is 9.52. The van der Waals surface area contributed by atoms with Gasteiger partial charge in [0, 0.05) is 5.56 Å². The Balaban J connectivity index is 2.46. The van der Waals surface area contributed by atoms with E-state index < -0.39 is 29.7 Å². The van der Waals surface area contributed by atoms with Gasteiger partial charge in [0.25, 0.3) is 6.43 Å². The highest BCUT2D eigenvalue weighted by Crippen LogP contribution is 2.29. The van der Waals surface area contributed by atoms with Crippen molar-refractivity contribution in [1.29, 1.82) is 0 Å². The standard InChI is InChI=1S/C13H10F3NO3/c1-2-19-13(18)10-9(11(15)16)17-12(20-10)7-4-3-5-8(14)6-7/h3-6,11H,2H2,1H3. The number of esters is 1. The topological polar surface area (TPSA) is 52.3 Å². The highest BCUT2D eigenvalue weighted by atomic mass is 19.3. The number of carbonyl (C=O) groups is 1. The fourth-order valence-corrected chi connectivity index (χ4v) is 1.57. The van der Waals surface area contributed by atoms with Crippen LogP contribution in [-0.4, -0.2) is 17.6 Å². The number of halogens is 3. The Morgan fingerprint density at radius 2 is 2.20 bits per heavy atom. The second kappa shape index (κ2) is 5.77. The van der Waals surface area contributed by atoms with Crippen LogP contribution in [0.25, 0.3) is 11.5 Å². The van der Waals surface area contributed by atoms with E-state index in [4.69, 9.17) is 4.42 Å². The summed E-state index contributed by atoms with van der Waals surface area (Å²) in [7, 11) is 0. The van der Waals surface area contributed by atoms with Gasteiger partial charge >= 0.3 is 5.97 Å². The van der Waals surface area contributed by atoms with E-state index in [0.29, 0.717) is 0 Å². The maximum absolute atomic E-state index is 13.1. The van der Waals surface area contributed by atoms with Crippen LogP contribution < -0.4 is 0 Å². The average molecular weight is 285 g/mol. The minimum Gasteiger partial charge on any atom is -0.460 e. The second-order valence-corrected chi connectivity index (χ2v) is 3.76. The molecule has 0 spiro atoms. The summed E-state index contributed by atoms with van der Waals surface area (Å²) in [4.78, 5) is 15.1. The van der Waals surface area contributed by atoms with Crippen LogP contribution in [0.5, 0.6) is 0 Å². The van der Waals surface area contributed by atoms with Gasteiger partial charge in [-0.15, -0.1) is 0 Å². The van der Waals surface area contributed by atoms with Gasteiger partial charge in [-0.05, 0) is 25.1 Å². The van der Waals surface area contributed by atoms with Crippen LogP contribution in [0.15, 0.2) is 28.7 Å². The molecule has 0 unspecified atom stereocenters. The van der Waals surface area contributed by atoms with Crippen molar-refractivity contribution in [2.75, 3.05) is 6.61 Å². The summed E-state index contributed by atoms with van der Waals surface area (Å²) < 4.78 is 48.4. The summed E-state index contributed by atoms with van der Waals surface area (Å²) >= 11 is 0. The molecule has 0 radical (unpaired) electrons. The lowest BCUT2D eigenvalue weighted by atomic mass is 10.2. The molecule has 106 valence electrons. The number of ether oxygens (including phenoxy) is 1. The Hall–Kier alpha value is -2.31. The molecular weight excluding hydrogens is 275 g/mol. The minimum absolute atomic E-state index is 0.0114. The van der Waals surface area contributed by atoms with E-state index in [0.717, 1.165) is 6.07 Å². The monoisotopic (exact) mass is 285 g/mol. The highest BCUT2D eigenvalue weighted by Gasteiger charge is 2.28. The van der Waals surface area contributed by atoms with Crippen LogP contribution in [0.1, 0.15) is 29.6 Å². The van der Waals surface area contributed by atoms with Crippen molar-refractivity contribution in [3.05, 3.63) is 41.5 Å². The van der Waals surface area contributed by atoms with Crippen LogP contribution in [-0.2, 0) is 4.74 Å². The molecule has 2 rings (SSSR count).